The number of aliphatic hydroxyl groups is 3. The number of benzene rings is 1. The van der Waals surface area contributed by atoms with E-state index in [0.717, 1.165) is 25.8 Å². The van der Waals surface area contributed by atoms with E-state index in [1.165, 1.54) is 6.07 Å². The molecule has 0 spiro atoms. The van der Waals surface area contributed by atoms with Crippen molar-refractivity contribution in [2.24, 2.45) is 17.6 Å². The Hall–Kier alpha value is -3.21. The minimum atomic E-state index is -2.28. The van der Waals surface area contributed by atoms with Crippen LogP contribution in [-0.4, -0.2) is 79.7 Å². The first-order valence-electron chi connectivity index (χ1n) is 14.0. The van der Waals surface area contributed by atoms with Crippen molar-refractivity contribution in [1.29, 1.82) is 0 Å². The van der Waals surface area contributed by atoms with E-state index in [2.05, 4.69) is 11.5 Å². The van der Waals surface area contributed by atoms with Crippen molar-refractivity contribution in [1.82, 2.24) is 9.80 Å². The Bertz CT molecular complexity index is 1370. The van der Waals surface area contributed by atoms with Crippen LogP contribution in [0.3, 0.4) is 0 Å². The first kappa shape index (κ1) is 28.3. The Kier molecular flexibility index (Phi) is 7.09. The minimum absolute atomic E-state index is 0.0119. The van der Waals surface area contributed by atoms with E-state index >= 15 is 4.39 Å². The lowest BCUT2D eigenvalue weighted by Crippen LogP contribution is -2.60. The summed E-state index contributed by atoms with van der Waals surface area (Å²) in [4.78, 5) is 30.0. The summed E-state index contributed by atoms with van der Waals surface area (Å²) in [6.07, 6.45) is 3.31. The van der Waals surface area contributed by atoms with Gasteiger partial charge in [0.15, 0.2) is 11.4 Å². The molecule has 0 unspecified atom stereocenters. The number of Topliss-reactive ketones (excluding diaryl/α,β-unsaturated/α-hetero) is 1. The van der Waals surface area contributed by atoms with Gasteiger partial charge in [0.05, 0.1) is 17.2 Å². The summed E-state index contributed by atoms with van der Waals surface area (Å²) in [5, 5.41) is 45.6. The molecule has 1 aromatic carbocycles. The number of likely N-dealkylation sites (N-methyl/N-ethyl adjacent to an activating group) is 1. The van der Waals surface area contributed by atoms with Crippen LogP contribution in [0.4, 0.5) is 4.39 Å². The van der Waals surface area contributed by atoms with E-state index < -0.39 is 52.3 Å². The highest BCUT2D eigenvalue weighted by Crippen LogP contribution is 2.55. The van der Waals surface area contributed by atoms with Gasteiger partial charge in [-0.05, 0) is 57.8 Å². The number of allylic oxidation sites excluding steroid dienone is 1. The van der Waals surface area contributed by atoms with Crippen LogP contribution in [0.15, 0.2) is 40.9 Å². The third kappa shape index (κ3) is 3.91. The van der Waals surface area contributed by atoms with Crippen molar-refractivity contribution in [3.63, 3.8) is 0 Å². The molecule has 1 amide bonds. The average Bonchev–Trinajstić information content (AvgIpc) is 2.86. The van der Waals surface area contributed by atoms with Crippen LogP contribution in [0.5, 0.6) is 5.75 Å². The van der Waals surface area contributed by atoms with Gasteiger partial charge in [-0.3, -0.25) is 19.4 Å². The number of primary amides is 1. The Morgan fingerprint density at radius 2 is 1.90 bits per heavy atom. The topological polar surface area (TPSA) is 148 Å². The molecular weight excluding hydrogens is 517 g/mol. The normalized spacial score (nSPS) is 28.5. The third-order valence-corrected chi connectivity index (χ3v) is 9.71. The quantitative estimate of drug-likeness (QED) is 0.345. The first-order chi connectivity index (χ1) is 18.9. The van der Waals surface area contributed by atoms with Gasteiger partial charge in [0, 0.05) is 40.8 Å². The van der Waals surface area contributed by atoms with Gasteiger partial charge in [0.2, 0.25) is 0 Å². The average molecular weight is 556 g/mol. The number of phenols is 1. The van der Waals surface area contributed by atoms with Gasteiger partial charge in [-0.25, -0.2) is 4.39 Å². The van der Waals surface area contributed by atoms with E-state index in [0.29, 0.717) is 24.7 Å². The molecule has 4 aliphatic carbocycles. The first-order valence-corrected chi connectivity index (χ1v) is 14.0. The number of fused-ring (bicyclic) bond motifs is 3. The van der Waals surface area contributed by atoms with Crippen LogP contribution >= 0.6 is 0 Å². The number of phenolic OH excluding ortho intramolecular Hbond substituents is 1. The number of carbonyl (C=O) groups is 2. The molecule has 4 aliphatic rings. The largest absolute Gasteiger partial charge is 0.510 e. The summed E-state index contributed by atoms with van der Waals surface area (Å²) in [5.74, 6) is -5.42. The van der Waals surface area contributed by atoms with Crippen LogP contribution < -0.4 is 5.73 Å². The Labute approximate surface area is 233 Å². The van der Waals surface area contributed by atoms with Crippen LogP contribution in [0, 0.1) is 17.7 Å². The van der Waals surface area contributed by atoms with Gasteiger partial charge < -0.3 is 26.2 Å². The van der Waals surface area contributed by atoms with Gasteiger partial charge in [-0.1, -0.05) is 26.8 Å². The minimum Gasteiger partial charge on any atom is -0.510 e. The lowest BCUT2D eigenvalue weighted by molar-refractivity contribution is -0.116. The standard InChI is InChI=1S/C30H38FN3O6/c1-5-33(4)25-19-11-15-10-18-23(20(35)12-16(24(18)31)13-34(6-2)17-8-7-9-17)26(36)22(15)28(38)30(19,40)14(3)21(27(25)37)29(32)39/h12,15,17,19,25,35,37-38,40H,3,5-11,13H2,1-2,4H3,(H2,32,39)/t15-,19-,25-,30-/m0/s1. The zero-order chi connectivity index (χ0) is 29.3. The Balaban J connectivity index is 1.62. The molecule has 0 saturated heterocycles. The number of amides is 1. The lowest BCUT2D eigenvalue weighted by Gasteiger charge is -2.52. The molecular formula is C30H38FN3O6. The molecule has 216 valence electrons. The molecule has 0 heterocycles. The molecule has 1 fully saturated rings. The molecule has 0 aromatic heterocycles. The highest BCUT2D eigenvalue weighted by Gasteiger charge is 2.60. The van der Waals surface area contributed by atoms with Crippen molar-refractivity contribution in [3.05, 3.63) is 63.4 Å². The predicted molar refractivity (Wildman–Crippen MR) is 146 cm³/mol. The highest BCUT2D eigenvalue weighted by atomic mass is 19.1. The van der Waals surface area contributed by atoms with Crippen LogP contribution in [0.2, 0.25) is 0 Å². The maximum atomic E-state index is 16.0. The second-order valence-corrected chi connectivity index (χ2v) is 11.6. The maximum Gasteiger partial charge on any atom is 0.252 e. The summed E-state index contributed by atoms with van der Waals surface area (Å²) in [6, 6.07) is 0.724. The number of rotatable bonds is 7. The molecule has 6 N–H and O–H groups in total. The predicted octanol–water partition coefficient (Wildman–Crippen LogP) is 3.01. The summed E-state index contributed by atoms with van der Waals surface area (Å²) < 4.78 is 16.0. The second kappa shape index (κ2) is 10.0. The number of hydrogen-bond donors (Lipinski definition) is 5. The van der Waals surface area contributed by atoms with Gasteiger partial charge in [-0.2, -0.15) is 0 Å². The molecule has 5 rings (SSSR count). The van der Waals surface area contributed by atoms with E-state index in [1.54, 1.807) is 11.9 Å². The molecule has 9 nitrogen and oxygen atoms in total. The van der Waals surface area contributed by atoms with Crippen molar-refractivity contribution in [2.45, 2.75) is 70.2 Å². The van der Waals surface area contributed by atoms with Crippen LogP contribution in [0.1, 0.15) is 61.0 Å². The highest BCUT2D eigenvalue weighted by molar-refractivity contribution is 6.13. The summed E-state index contributed by atoms with van der Waals surface area (Å²) in [5.41, 5.74) is 2.58. The molecule has 1 aromatic rings. The second-order valence-electron chi connectivity index (χ2n) is 11.6. The molecule has 0 radical (unpaired) electrons. The molecule has 10 heteroatoms. The molecule has 0 bridgehead atoms. The maximum absolute atomic E-state index is 16.0. The van der Waals surface area contributed by atoms with Crippen molar-refractivity contribution in [2.75, 3.05) is 20.1 Å². The molecule has 4 atom stereocenters. The zero-order valence-corrected chi connectivity index (χ0v) is 23.2. The molecule has 1 saturated carbocycles. The molecule has 0 aliphatic heterocycles. The zero-order valence-electron chi connectivity index (χ0n) is 23.2. The number of ketones is 1. The number of halogens is 1. The summed E-state index contributed by atoms with van der Waals surface area (Å²) in [7, 11) is 1.69. The fourth-order valence-electron chi connectivity index (χ4n) is 7.21. The number of aromatic hydroxyl groups is 1. The monoisotopic (exact) mass is 555 g/mol. The van der Waals surface area contributed by atoms with Crippen LogP contribution in [-0.2, 0) is 17.8 Å². The Morgan fingerprint density at radius 1 is 1.23 bits per heavy atom. The lowest BCUT2D eigenvalue weighted by atomic mass is 9.57. The third-order valence-electron chi connectivity index (χ3n) is 9.71. The fraction of sp³-hybridized carbons (Fsp3) is 0.533. The van der Waals surface area contributed by atoms with Gasteiger partial charge in [0.1, 0.15) is 23.1 Å². The van der Waals surface area contributed by atoms with Crippen molar-refractivity contribution < 1.29 is 34.4 Å². The number of aliphatic hydroxyl groups excluding tert-OH is 2. The number of nitrogens with zero attached hydrogens (tertiary/aromatic N) is 2. The number of nitrogens with two attached hydrogens (primary N) is 1. The van der Waals surface area contributed by atoms with Gasteiger partial charge in [-0.15, -0.1) is 0 Å². The molecule has 40 heavy (non-hydrogen) atoms. The van der Waals surface area contributed by atoms with Crippen molar-refractivity contribution in [3.8, 4) is 5.75 Å². The SMILES string of the molecule is C=C1C(C(N)=O)=C(O)[C@@H](N(C)CC)[C@@H]2C[C@@H]3Cc4c(F)c(CN(CC)C5CCC5)cc(O)c4C(=O)C3=C(O)[C@]12O. The fourth-order valence-corrected chi connectivity index (χ4v) is 7.21. The number of hydrogen-bond acceptors (Lipinski definition) is 8. The summed E-state index contributed by atoms with van der Waals surface area (Å²) in [6.45, 7) is 9.09. The Morgan fingerprint density at radius 3 is 2.45 bits per heavy atom. The van der Waals surface area contributed by atoms with E-state index in [9.17, 15) is 30.0 Å². The van der Waals surface area contributed by atoms with Crippen molar-refractivity contribution >= 4 is 11.7 Å². The smallest absolute Gasteiger partial charge is 0.252 e. The van der Waals surface area contributed by atoms with E-state index in [4.69, 9.17) is 5.73 Å². The van der Waals surface area contributed by atoms with Gasteiger partial charge >= 0.3 is 0 Å². The van der Waals surface area contributed by atoms with Crippen LogP contribution in [0.25, 0.3) is 0 Å². The van der Waals surface area contributed by atoms with E-state index in [-0.39, 0.29) is 46.6 Å². The van der Waals surface area contributed by atoms with Gasteiger partial charge in [0.25, 0.3) is 5.91 Å². The number of carbonyl (C=O) groups excluding carboxylic acids is 2. The summed E-state index contributed by atoms with van der Waals surface area (Å²) >= 11 is 0. The van der Waals surface area contributed by atoms with E-state index in [1.807, 2.05) is 13.8 Å².